The molecule has 0 radical (unpaired) electrons. The predicted octanol–water partition coefficient (Wildman–Crippen LogP) is -0.411. The van der Waals surface area contributed by atoms with Crippen molar-refractivity contribution in [3.63, 3.8) is 0 Å². The Morgan fingerprint density at radius 2 is 2.06 bits per heavy atom. The number of carbonyl (C=O) groups excluding carboxylic acids is 1. The number of piperazine rings is 1. The van der Waals surface area contributed by atoms with Gasteiger partial charge in [-0.3, -0.25) is 4.79 Å². The molecular weight excluding hydrogens is 206 g/mol. The van der Waals surface area contributed by atoms with Gasteiger partial charge in [0.25, 0.3) is 0 Å². The summed E-state index contributed by atoms with van der Waals surface area (Å²) in [5.74, 6) is 1.51. The lowest BCUT2D eigenvalue weighted by atomic mass is 10.2. The fourth-order valence-corrected chi connectivity index (χ4v) is 1.82. The normalized spacial score (nSPS) is 16.2. The van der Waals surface area contributed by atoms with E-state index in [9.17, 15) is 4.79 Å². The summed E-state index contributed by atoms with van der Waals surface area (Å²) in [6, 6.07) is 0. The first-order valence-electron chi connectivity index (χ1n) is 5.27. The molecule has 0 aliphatic carbocycles. The van der Waals surface area contributed by atoms with Crippen molar-refractivity contribution in [2.24, 2.45) is 0 Å². The van der Waals surface area contributed by atoms with E-state index >= 15 is 0 Å². The van der Waals surface area contributed by atoms with Gasteiger partial charge in [0, 0.05) is 26.2 Å². The molecule has 1 aromatic rings. The topological polar surface area (TPSA) is 84.1 Å². The van der Waals surface area contributed by atoms with E-state index in [4.69, 9.17) is 5.73 Å². The first kappa shape index (κ1) is 10.8. The number of nitrogens with zero attached hydrogens (tertiary/aromatic N) is 3. The Balaban J connectivity index is 2.40. The molecule has 1 aliphatic rings. The van der Waals surface area contributed by atoms with E-state index in [1.165, 1.54) is 0 Å². The lowest BCUT2D eigenvalue weighted by molar-refractivity contribution is 0.112. The van der Waals surface area contributed by atoms with Crippen molar-refractivity contribution >= 4 is 17.9 Å². The molecule has 0 unspecified atom stereocenters. The molecule has 16 heavy (non-hydrogen) atoms. The summed E-state index contributed by atoms with van der Waals surface area (Å²) >= 11 is 0. The van der Waals surface area contributed by atoms with Crippen molar-refractivity contribution in [1.82, 2.24) is 15.3 Å². The van der Waals surface area contributed by atoms with Crippen LogP contribution in [0.1, 0.15) is 16.2 Å². The lowest BCUT2D eigenvalue weighted by Crippen LogP contribution is -2.44. The number of hydrogen-bond donors (Lipinski definition) is 2. The van der Waals surface area contributed by atoms with E-state index in [-0.39, 0.29) is 5.82 Å². The number of rotatable bonds is 2. The monoisotopic (exact) mass is 221 g/mol. The minimum atomic E-state index is 0.260. The van der Waals surface area contributed by atoms with Gasteiger partial charge >= 0.3 is 0 Å². The fraction of sp³-hybridized carbons (Fsp3) is 0.500. The van der Waals surface area contributed by atoms with Crippen LogP contribution in [0.5, 0.6) is 0 Å². The van der Waals surface area contributed by atoms with E-state index < -0.39 is 0 Å². The smallest absolute Gasteiger partial charge is 0.157 e. The summed E-state index contributed by atoms with van der Waals surface area (Å²) in [6.45, 7) is 5.21. The largest absolute Gasteiger partial charge is 0.383 e. The molecule has 0 aromatic carbocycles. The molecular formula is C10H15N5O. The Morgan fingerprint density at radius 3 is 2.69 bits per heavy atom. The summed E-state index contributed by atoms with van der Waals surface area (Å²) < 4.78 is 0. The molecule has 2 heterocycles. The standard InChI is InChI=1S/C10H15N5O/c1-7-13-9(11)8(6-16)10(14-7)15-4-2-12-3-5-15/h6,12H,2-5H2,1H3,(H2,11,13,14). The Hall–Kier alpha value is -1.69. The molecule has 6 heteroatoms. The molecule has 3 N–H and O–H groups in total. The molecule has 0 saturated carbocycles. The molecule has 86 valence electrons. The quantitative estimate of drug-likeness (QED) is 0.660. The van der Waals surface area contributed by atoms with Gasteiger partial charge in [0.1, 0.15) is 17.5 Å². The lowest BCUT2D eigenvalue weighted by Gasteiger charge is -2.29. The van der Waals surface area contributed by atoms with Gasteiger partial charge in [0.05, 0.1) is 5.56 Å². The van der Waals surface area contributed by atoms with Crippen LogP contribution in [-0.2, 0) is 0 Å². The van der Waals surface area contributed by atoms with Gasteiger partial charge in [0.2, 0.25) is 0 Å². The Bertz CT molecular complexity index is 400. The van der Waals surface area contributed by atoms with Crippen molar-refractivity contribution in [3.8, 4) is 0 Å². The second-order valence-electron chi connectivity index (χ2n) is 3.75. The predicted molar refractivity (Wildman–Crippen MR) is 61.7 cm³/mol. The molecule has 2 rings (SSSR count). The third kappa shape index (κ3) is 1.96. The van der Waals surface area contributed by atoms with Gasteiger partial charge in [-0.2, -0.15) is 0 Å². The Labute approximate surface area is 93.9 Å². The number of anilines is 2. The minimum absolute atomic E-state index is 0.260. The van der Waals surface area contributed by atoms with Crippen LogP contribution < -0.4 is 16.0 Å². The first-order chi connectivity index (χ1) is 7.72. The summed E-state index contributed by atoms with van der Waals surface area (Å²) in [4.78, 5) is 21.4. The average Bonchev–Trinajstić information content (AvgIpc) is 2.29. The van der Waals surface area contributed by atoms with E-state index in [1.54, 1.807) is 6.92 Å². The summed E-state index contributed by atoms with van der Waals surface area (Å²) in [5.41, 5.74) is 6.11. The van der Waals surface area contributed by atoms with Crippen LogP contribution in [0.4, 0.5) is 11.6 Å². The van der Waals surface area contributed by atoms with Crippen LogP contribution in [0.15, 0.2) is 0 Å². The number of nitrogens with two attached hydrogens (primary N) is 1. The summed E-state index contributed by atoms with van der Waals surface area (Å²) in [5, 5.41) is 3.25. The average molecular weight is 221 g/mol. The van der Waals surface area contributed by atoms with Crippen LogP contribution in [0.3, 0.4) is 0 Å². The number of aldehydes is 1. The third-order valence-corrected chi connectivity index (χ3v) is 2.60. The second kappa shape index (κ2) is 4.44. The molecule has 6 nitrogen and oxygen atoms in total. The van der Waals surface area contributed by atoms with Gasteiger partial charge in [0.15, 0.2) is 6.29 Å². The molecule has 0 spiro atoms. The second-order valence-corrected chi connectivity index (χ2v) is 3.75. The number of aryl methyl sites for hydroxylation is 1. The molecule has 1 aliphatic heterocycles. The van der Waals surface area contributed by atoms with Crippen LogP contribution in [-0.4, -0.2) is 42.4 Å². The van der Waals surface area contributed by atoms with Crippen molar-refractivity contribution in [3.05, 3.63) is 11.4 Å². The number of hydrogen-bond acceptors (Lipinski definition) is 6. The van der Waals surface area contributed by atoms with Crippen molar-refractivity contribution in [2.75, 3.05) is 36.8 Å². The van der Waals surface area contributed by atoms with Crippen LogP contribution in [0.25, 0.3) is 0 Å². The SMILES string of the molecule is Cc1nc(N)c(C=O)c(N2CCNCC2)n1. The van der Waals surface area contributed by atoms with Crippen LogP contribution >= 0.6 is 0 Å². The highest BCUT2D eigenvalue weighted by molar-refractivity contribution is 5.88. The van der Waals surface area contributed by atoms with E-state index in [0.717, 1.165) is 32.5 Å². The number of nitrogen functional groups attached to an aromatic ring is 1. The molecule has 1 saturated heterocycles. The highest BCUT2D eigenvalue weighted by Gasteiger charge is 2.18. The zero-order valence-corrected chi connectivity index (χ0v) is 9.23. The molecule has 1 aromatic heterocycles. The fourth-order valence-electron chi connectivity index (χ4n) is 1.82. The summed E-state index contributed by atoms with van der Waals surface area (Å²) in [7, 11) is 0. The van der Waals surface area contributed by atoms with E-state index in [2.05, 4.69) is 20.2 Å². The molecule has 0 bridgehead atoms. The summed E-state index contributed by atoms with van der Waals surface area (Å²) in [6.07, 6.45) is 0.728. The number of carbonyl (C=O) groups is 1. The van der Waals surface area contributed by atoms with Gasteiger partial charge in [-0.25, -0.2) is 9.97 Å². The molecule has 0 amide bonds. The molecule has 1 fully saturated rings. The number of nitrogens with one attached hydrogen (secondary N) is 1. The maximum atomic E-state index is 11.0. The van der Waals surface area contributed by atoms with E-state index in [0.29, 0.717) is 17.2 Å². The Kier molecular flexibility index (Phi) is 3.00. The van der Waals surface area contributed by atoms with Crippen molar-refractivity contribution in [1.29, 1.82) is 0 Å². The van der Waals surface area contributed by atoms with Crippen molar-refractivity contribution < 1.29 is 4.79 Å². The maximum Gasteiger partial charge on any atom is 0.157 e. The van der Waals surface area contributed by atoms with Gasteiger partial charge in [-0.15, -0.1) is 0 Å². The number of aromatic nitrogens is 2. The highest BCUT2D eigenvalue weighted by Crippen LogP contribution is 2.20. The van der Waals surface area contributed by atoms with Crippen molar-refractivity contribution in [2.45, 2.75) is 6.92 Å². The minimum Gasteiger partial charge on any atom is -0.383 e. The van der Waals surface area contributed by atoms with Gasteiger partial charge in [-0.05, 0) is 6.92 Å². The third-order valence-electron chi connectivity index (χ3n) is 2.60. The first-order valence-corrected chi connectivity index (χ1v) is 5.27. The van der Waals surface area contributed by atoms with Crippen LogP contribution in [0.2, 0.25) is 0 Å². The maximum absolute atomic E-state index is 11.0. The van der Waals surface area contributed by atoms with Gasteiger partial charge < -0.3 is 16.0 Å². The zero-order chi connectivity index (χ0) is 11.5. The highest BCUT2D eigenvalue weighted by atomic mass is 16.1. The van der Waals surface area contributed by atoms with Gasteiger partial charge in [-0.1, -0.05) is 0 Å². The van der Waals surface area contributed by atoms with Crippen LogP contribution in [0, 0.1) is 6.92 Å². The Morgan fingerprint density at radius 1 is 1.38 bits per heavy atom. The zero-order valence-electron chi connectivity index (χ0n) is 9.23. The van der Waals surface area contributed by atoms with E-state index in [1.807, 2.05) is 0 Å². The molecule has 0 atom stereocenters.